The van der Waals surface area contributed by atoms with E-state index in [1.54, 1.807) is 12.1 Å². The highest BCUT2D eigenvalue weighted by atomic mass is 19.1. The highest BCUT2D eigenvalue weighted by molar-refractivity contribution is 5.56. The highest BCUT2D eigenvalue weighted by Gasteiger charge is 2.23. The topological polar surface area (TPSA) is 6.48 Å². The molecule has 23 heavy (non-hydrogen) atoms. The molecule has 122 valence electrons. The fraction of sp³-hybridized carbons (Fsp3) is 0.400. The molecule has 0 saturated carbocycles. The molecule has 1 unspecified atom stereocenters. The molecular formula is C20H25FN2. The van der Waals surface area contributed by atoms with Crippen LogP contribution in [0.3, 0.4) is 0 Å². The third-order valence-electron chi connectivity index (χ3n) is 5.13. The van der Waals surface area contributed by atoms with Crippen molar-refractivity contribution in [3.63, 3.8) is 0 Å². The highest BCUT2D eigenvalue weighted by Crippen LogP contribution is 2.27. The molecule has 2 nitrogen and oxygen atoms in total. The molecule has 0 spiro atoms. The van der Waals surface area contributed by atoms with Crippen LogP contribution in [-0.4, -0.2) is 31.1 Å². The van der Waals surface area contributed by atoms with Gasteiger partial charge in [-0.15, -0.1) is 0 Å². The van der Waals surface area contributed by atoms with Gasteiger partial charge in [-0.1, -0.05) is 24.3 Å². The minimum atomic E-state index is -0.166. The molecule has 2 aromatic carbocycles. The molecule has 0 aliphatic carbocycles. The van der Waals surface area contributed by atoms with Crippen molar-refractivity contribution >= 4 is 5.69 Å². The van der Waals surface area contributed by atoms with Crippen LogP contribution in [-0.2, 0) is 0 Å². The average molecular weight is 312 g/mol. The van der Waals surface area contributed by atoms with E-state index >= 15 is 0 Å². The summed E-state index contributed by atoms with van der Waals surface area (Å²) in [6.45, 7) is 10.7. The van der Waals surface area contributed by atoms with Gasteiger partial charge in [-0.05, 0) is 55.7 Å². The standard InChI is InChI=1S/C20H25FN2/c1-15-5-4-6-20(16(15)2)23-13-11-22(12-14-23)17(3)18-7-9-19(21)10-8-18/h4-10,17H,11-14H2,1-3H3. The Hall–Kier alpha value is -1.87. The number of benzene rings is 2. The maximum Gasteiger partial charge on any atom is 0.123 e. The molecule has 0 radical (unpaired) electrons. The van der Waals surface area contributed by atoms with Crippen molar-refractivity contribution < 1.29 is 4.39 Å². The zero-order chi connectivity index (χ0) is 16.4. The predicted molar refractivity (Wildman–Crippen MR) is 94.5 cm³/mol. The summed E-state index contributed by atoms with van der Waals surface area (Å²) in [5, 5.41) is 0. The lowest BCUT2D eigenvalue weighted by Crippen LogP contribution is -2.47. The van der Waals surface area contributed by atoms with Crippen LogP contribution >= 0.6 is 0 Å². The van der Waals surface area contributed by atoms with Crippen molar-refractivity contribution in [3.05, 3.63) is 65.0 Å². The summed E-state index contributed by atoms with van der Waals surface area (Å²) in [6.07, 6.45) is 0. The van der Waals surface area contributed by atoms with E-state index in [4.69, 9.17) is 0 Å². The minimum Gasteiger partial charge on any atom is -0.369 e. The van der Waals surface area contributed by atoms with Crippen molar-refractivity contribution in [2.75, 3.05) is 31.1 Å². The van der Waals surface area contributed by atoms with E-state index in [9.17, 15) is 4.39 Å². The molecule has 1 saturated heterocycles. The van der Waals surface area contributed by atoms with E-state index in [2.05, 4.69) is 48.8 Å². The molecular weight excluding hydrogens is 287 g/mol. The summed E-state index contributed by atoms with van der Waals surface area (Å²) >= 11 is 0. The van der Waals surface area contributed by atoms with Gasteiger partial charge in [0, 0.05) is 37.9 Å². The SMILES string of the molecule is Cc1cccc(N2CCN(C(C)c3ccc(F)cc3)CC2)c1C. The fourth-order valence-electron chi connectivity index (χ4n) is 3.38. The molecule has 1 heterocycles. The van der Waals surface area contributed by atoms with E-state index in [-0.39, 0.29) is 5.82 Å². The van der Waals surface area contributed by atoms with Crippen molar-refractivity contribution in [2.24, 2.45) is 0 Å². The third kappa shape index (κ3) is 3.40. The minimum absolute atomic E-state index is 0.166. The first-order valence-corrected chi connectivity index (χ1v) is 8.37. The van der Waals surface area contributed by atoms with E-state index in [1.165, 1.54) is 22.4 Å². The summed E-state index contributed by atoms with van der Waals surface area (Å²) in [4.78, 5) is 4.96. The van der Waals surface area contributed by atoms with E-state index in [0.717, 1.165) is 26.2 Å². The first-order valence-electron chi connectivity index (χ1n) is 8.37. The van der Waals surface area contributed by atoms with Gasteiger partial charge in [0.05, 0.1) is 0 Å². The Labute approximate surface area is 138 Å². The summed E-state index contributed by atoms with van der Waals surface area (Å²) in [5.74, 6) is -0.166. The van der Waals surface area contributed by atoms with Crippen LogP contribution in [0, 0.1) is 19.7 Å². The maximum absolute atomic E-state index is 13.1. The van der Waals surface area contributed by atoms with Gasteiger partial charge in [-0.3, -0.25) is 4.90 Å². The number of anilines is 1. The second kappa shape index (κ2) is 6.71. The first kappa shape index (κ1) is 16.0. The predicted octanol–water partition coefficient (Wildman–Crippen LogP) is 4.33. The molecule has 0 N–H and O–H groups in total. The second-order valence-corrected chi connectivity index (χ2v) is 6.47. The van der Waals surface area contributed by atoms with Crippen molar-refractivity contribution in [1.82, 2.24) is 4.90 Å². The molecule has 3 rings (SSSR count). The molecule has 1 atom stereocenters. The molecule has 0 amide bonds. The number of piperazine rings is 1. The lowest BCUT2D eigenvalue weighted by molar-refractivity contribution is 0.198. The summed E-state index contributed by atoms with van der Waals surface area (Å²) in [5.41, 5.74) is 5.28. The van der Waals surface area contributed by atoms with Crippen LogP contribution in [0.5, 0.6) is 0 Å². The van der Waals surface area contributed by atoms with Gasteiger partial charge in [0.1, 0.15) is 5.82 Å². The van der Waals surface area contributed by atoms with E-state index < -0.39 is 0 Å². The van der Waals surface area contributed by atoms with Crippen LogP contribution in [0.25, 0.3) is 0 Å². The Morgan fingerprint density at radius 3 is 2.22 bits per heavy atom. The average Bonchev–Trinajstić information content (AvgIpc) is 2.58. The second-order valence-electron chi connectivity index (χ2n) is 6.47. The molecule has 3 heteroatoms. The van der Waals surface area contributed by atoms with Gasteiger partial charge in [0.15, 0.2) is 0 Å². The van der Waals surface area contributed by atoms with E-state index in [1.807, 2.05) is 12.1 Å². The van der Waals surface area contributed by atoms with Gasteiger partial charge >= 0.3 is 0 Å². The van der Waals surface area contributed by atoms with Gasteiger partial charge in [0.2, 0.25) is 0 Å². The van der Waals surface area contributed by atoms with Gasteiger partial charge in [0.25, 0.3) is 0 Å². The Morgan fingerprint density at radius 2 is 1.57 bits per heavy atom. The van der Waals surface area contributed by atoms with E-state index in [0.29, 0.717) is 6.04 Å². The lowest BCUT2D eigenvalue weighted by Gasteiger charge is -2.40. The summed E-state index contributed by atoms with van der Waals surface area (Å²) < 4.78 is 13.1. The van der Waals surface area contributed by atoms with Gasteiger partial charge in [-0.2, -0.15) is 0 Å². The molecule has 2 aromatic rings. The van der Waals surface area contributed by atoms with Gasteiger partial charge < -0.3 is 4.90 Å². The van der Waals surface area contributed by atoms with Crippen LogP contribution in [0.2, 0.25) is 0 Å². The normalized spacial score (nSPS) is 17.3. The van der Waals surface area contributed by atoms with Gasteiger partial charge in [-0.25, -0.2) is 4.39 Å². The van der Waals surface area contributed by atoms with Crippen LogP contribution in [0.4, 0.5) is 10.1 Å². The molecule has 1 aliphatic heterocycles. The summed E-state index contributed by atoms with van der Waals surface area (Å²) in [7, 11) is 0. The third-order valence-corrected chi connectivity index (χ3v) is 5.13. The molecule has 0 aromatic heterocycles. The monoisotopic (exact) mass is 312 g/mol. The lowest BCUT2D eigenvalue weighted by atomic mass is 10.0. The Morgan fingerprint density at radius 1 is 0.913 bits per heavy atom. The zero-order valence-corrected chi connectivity index (χ0v) is 14.2. The van der Waals surface area contributed by atoms with Crippen LogP contribution in [0.1, 0.15) is 29.7 Å². The molecule has 0 bridgehead atoms. The number of hydrogen-bond acceptors (Lipinski definition) is 2. The van der Waals surface area contributed by atoms with Crippen molar-refractivity contribution in [2.45, 2.75) is 26.8 Å². The number of nitrogens with zero attached hydrogens (tertiary/aromatic N) is 2. The number of halogens is 1. The Balaban J connectivity index is 1.66. The van der Waals surface area contributed by atoms with Crippen molar-refractivity contribution in [1.29, 1.82) is 0 Å². The zero-order valence-electron chi connectivity index (χ0n) is 14.2. The number of rotatable bonds is 3. The quantitative estimate of drug-likeness (QED) is 0.832. The largest absolute Gasteiger partial charge is 0.369 e. The molecule has 1 aliphatic rings. The van der Waals surface area contributed by atoms with Crippen LogP contribution < -0.4 is 4.90 Å². The van der Waals surface area contributed by atoms with Crippen LogP contribution in [0.15, 0.2) is 42.5 Å². The first-order chi connectivity index (χ1) is 11.1. The molecule has 1 fully saturated rings. The Kier molecular flexibility index (Phi) is 4.67. The fourth-order valence-corrected chi connectivity index (χ4v) is 3.38. The van der Waals surface area contributed by atoms with Crippen molar-refractivity contribution in [3.8, 4) is 0 Å². The Bertz CT molecular complexity index is 658. The smallest absolute Gasteiger partial charge is 0.123 e. The maximum atomic E-state index is 13.1. The summed E-state index contributed by atoms with van der Waals surface area (Å²) in [6, 6.07) is 13.8. The number of hydrogen-bond donors (Lipinski definition) is 0. The number of aryl methyl sites for hydroxylation is 1.